The van der Waals surface area contributed by atoms with Crippen LogP contribution in [0.5, 0.6) is 11.5 Å². The van der Waals surface area contributed by atoms with Crippen molar-refractivity contribution >= 4 is 37.5 Å². The third-order valence-corrected chi connectivity index (χ3v) is 22.4. The molecule has 2 heterocycles. The molecule has 2 aliphatic heterocycles. The van der Waals surface area contributed by atoms with Crippen molar-refractivity contribution in [2.24, 2.45) is 0 Å². The van der Waals surface area contributed by atoms with Gasteiger partial charge in [0, 0.05) is 25.7 Å². The van der Waals surface area contributed by atoms with E-state index >= 15 is 4.57 Å². The van der Waals surface area contributed by atoms with Crippen LogP contribution in [0.15, 0.2) is 104 Å². The molecule has 113 heavy (non-hydrogen) atoms. The van der Waals surface area contributed by atoms with Crippen LogP contribution in [0.1, 0.15) is 329 Å². The number of phosphoric acid groups is 1. The number of nitrogens with one attached hydrogen (secondary N) is 3. The highest BCUT2D eigenvalue weighted by atomic mass is 31.2. The molecule has 640 valence electrons. The summed E-state index contributed by atoms with van der Waals surface area (Å²) in [4.78, 5) is 71.6. The molecule has 3 amide bonds. The average molecular weight is 1600 g/mol. The number of ether oxygens (including phenoxy) is 8. The number of carbonyl (C=O) groups excluding carboxylic acids is 5. The van der Waals surface area contributed by atoms with Crippen LogP contribution in [0.25, 0.3) is 0 Å². The minimum atomic E-state index is -4.98. The Morgan fingerprint density at radius 1 is 0.425 bits per heavy atom. The summed E-state index contributed by atoms with van der Waals surface area (Å²) < 4.78 is 86.9. The standard InChI is InChI=1S/C91H148N3O18P/c1-6-11-15-19-23-27-30-34-38-42-55-65-80(96)93-84-88(108-82(98)67-57-44-40-36-32-29-25-21-17-13-8-3)86(100)77(106-90(84)104-68-10-5)72-105-91-85(94-81(97)66-56-43-39-35-31-28-24-20-16-12-7-2)89(109-83(99)69-92-79(95)64-54-41-37-33-26-22-18-14-9-4)87(78(107-91)71-103-73-102-70-74-58-48-45-49-59-74)112-113(101,110-75-60-50-46-51-61-75)111-76-62-52-47-53-63-76/h10,45-53,58-63,77-78,84-91,100H,5-9,11-44,54-57,64-73H2,1-4H3,(H,92,95)(H,93,96)(H,94,97)/t77-,78-,84-,85-,86-,87-,88-,89-,90+,91-/m1/s1. The zero-order valence-electron chi connectivity index (χ0n) is 69.8. The summed E-state index contributed by atoms with van der Waals surface area (Å²) in [5.74, 6) is -2.52. The predicted molar refractivity (Wildman–Crippen MR) is 446 cm³/mol. The van der Waals surface area contributed by atoms with Crippen LogP contribution >= 0.6 is 7.82 Å². The number of aliphatic hydroxyl groups is 1. The van der Waals surface area contributed by atoms with E-state index in [1.54, 1.807) is 60.7 Å². The van der Waals surface area contributed by atoms with Crippen molar-refractivity contribution < 1.29 is 85.1 Å². The summed E-state index contributed by atoms with van der Waals surface area (Å²) >= 11 is 0. The minimum absolute atomic E-state index is 0.0325. The fraction of sp³-hybridized carbons (Fsp3) is 0.725. The van der Waals surface area contributed by atoms with E-state index < -0.39 is 107 Å². The zero-order valence-corrected chi connectivity index (χ0v) is 70.7. The fourth-order valence-corrected chi connectivity index (χ4v) is 15.9. The Morgan fingerprint density at radius 2 is 0.796 bits per heavy atom. The van der Waals surface area contributed by atoms with Crippen LogP contribution in [0.4, 0.5) is 0 Å². The van der Waals surface area contributed by atoms with E-state index in [1.807, 2.05) is 30.3 Å². The lowest BCUT2D eigenvalue weighted by atomic mass is 9.95. The molecule has 3 aromatic rings. The van der Waals surface area contributed by atoms with Crippen LogP contribution in [-0.2, 0) is 77.6 Å². The highest BCUT2D eigenvalue weighted by Crippen LogP contribution is 2.53. The number of amides is 3. The van der Waals surface area contributed by atoms with Crippen molar-refractivity contribution in [3.63, 3.8) is 0 Å². The van der Waals surface area contributed by atoms with Gasteiger partial charge >= 0.3 is 19.8 Å². The van der Waals surface area contributed by atoms with Gasteiger partial charge in [-0.15, -0.1) is 6.58 Å². The Hall–Kier alpha value is -5.74. The van der Waals surface area contributed by atoms with Crippen molar-refractivity contribution in [1.29, 1.82) is 0 Å². The van der Waals surface area contributed by atoms with Crippen molar-refractivity contribution in [2.45, 2.75) is 391 Å². The SMILES string of the molecule is C=CCO[C@H]1O[C@H](CO[C@@H]2O[C@H](COCOCc3ccccc3)[C@@H](OP(=O)(Oc3ccccc3)Oc3ccccc3)[C@H](OC(=O)CNC(=O)CCCCCCCCCCC)[C@H]2NC(=O)CCCCCCCCCCCCC)[C@@H](O)[C@H](OC(=O)CCCCCCCCCCCCC)[C@H]1NC(=O)CCCCCCCCCCCCC. The van der Waals surface area contributed by atoms with Gasteiger partial charge in [-0.1, -0.05) is 344 Å². The molecule has 0 aliphatic carbocycles. The van der Waals surface area contributed by atoms with Gasteiger partial charge < -0.3 is 68.0 Å². The van der Waals surface area contributed by atoms with Gasteiger partial charge in [0.15, 0.2) is 24.8 Å². The Labute approximate surface area is 680 Å². The van der Waals surface area contributed by atoms with Gasteiger partial charge in [0.05, 0.1) is 26.4 Å². The van der Waals surface area contributed by atoms with E-state index in [-0.39, 0.29) is 69.0 Å². The monoisotopic (exact) mass is 1600 g/mol. The number of unbranched alkanes of at least 4 members (excludes halogenated alkanes) is 38. The molecule has 10 atom stereocenters. The molecule has 21 nitrogen and oxygen atoms in total. The summed E-state index contributed by atoms with van der Waals surface area (Å²) in [6.07, 6.45) is 34.7. The topological polar surface area (TPSA) is 260 Å². The maximum atomic E-state index is 15.9. The number of esters is 2. The normalized spacial score (nSPS) is 19.6. The van der Waals surface area contributed by atoms with E-state index in [9.17, 15) is 29.1 Å². The minimum Gasteiger partial charge on any atom is -0.457 e. The van der Waals surface area contributed by atoms with E-state index in [0.717, 1.165) is 115 Å². The number of phosphoric ester groups is 1. The second-order valence-corrected chi connectivity index (χ2v) is 32.5. The molecule has 2 aliphatic rings. The summed E-state index contributed by atoms with van der Waals surface area (Å²) in [7, 11) is -4.98. The van der Waals surface area contributed by atoms with Gasteiger partial charge in [-0.3, -0.25) is 28.5 Å². The third-order valence-electron chi connectivity index (χ3n) is 21.0. The molecule has 0 radical (unpaired) electrons. The van der Waals surface area contributed by atoms with Crippen molar-refractivity contribution in [1.82, 2.24) is 16.0 Å². The number of aliphatic hydroxyl groups excluding tert-OH is 1. The highest BCUT2D eigenvalue weighted by molar-refractivity contribution is 7.49. The molecule has 0 saturated carbocycles. The summed E-state index contributed by atoms with van der Waals surface area (Å²) in [5, 5.41) is 21.6. The second kappa shape index (κ2) is 63.4. The summed E-state index contributed by atoms with van der Waals surface area (Å²) in [6, 6.07) is 23.2. The molecule has 0 unspecified atom stereocenters. The van der Waals surface area contributed by atoms with Gasteiger partial charge in [0.25, 0.3) is 0 Å². The Balaban J connectivity index is 1.53. The van der Waals surface area contributed by atoms with E-state index in [1.165, 1.54) is 141 Å². The summed E-state index contributed by atoms with van der Waals surface area (Å²) in [6.45, 7) is 11.0. The van der Waals surface area contributed by atoms with Gasteiger partial charge in [-0.25, -0.2) is 4.57 Å². The smallest absolute Gasteiger partial charge is 0.457 e. The number of hydrogen-bond acceptors (Lipinski definition) is 18. The molecule has 4 N–H and O–H groups in total. The summed E-state index contributed by atoms with van der Waals surface area (Å²) in [5.41, 5.74) is 0.870. The second-order valence-electron chi connectivity index (χ2n) is 31.0. The first-order valence-corrected chi connectivity index (χ1v) is 45.8. The molecule has 0 aromatic heterocycles. The first kappa shape index (κ1) is 97.8. The Morgan fingerprint density at radius 3 is 1.23 bits per heavy atom. The van der Waals surface area contributed by atoms with Crippen LogP contribution in [0, 0.1) is 0 Å². The van der Waals surface area contributed by atoms with Gasteiger partial charge in [-0.05, 0) is 55.5 Å². The maximum absolute atomic E-state index is 15.9. The molecule has 22 heteroatoms. The number of hydrogen-bond donors (Lipinski definition) is 4. The molecule has 0 bridgehead atoms. The lowest BCUT2D eigenvalue weighted by Gasteiger charge is -2.47. The van der Waals surface area contributed by atoms with E-state index in [2.05, 4.69) is 50.2 Å². The molecule has 2 fully saturated rings. The van der Waals surface area contributed by atoms with Crippen molar-refractivity contribution in [3.05, 3.63) is 109 Å². The largest absolute Gasteiger partial charge is 0.588 e. The lowest BCUT2D eigenvalue weighted by molar-refractivity contribution is -0.305. The highest BCUT2D eigenvalue weighted by Gasteiger charge is 2.55. The predicted octanol–water partition coefficient (Wildman–Crippen LogP) is 20.8. The average Bonchev–Trinajstić information content (AvgIpc) is 0.771. The van der Waals surface area contributed by atoms with Crippen molar-refractivity contribution in [3.8, 4) is 11.5 Å². The van der Waals surface area contributed by atoms with E-state index in [4.69, 9.17) is 51.5 Å². The Bertz CT molecular complexity index is 2910. The fourth-order valence-electron chi connectivity index (χ4n) is 14.4. The Kier molecular flexibility index (Phi) is 54.9. The molecule has 5 rings (SSSR count). The van der Waals surface area contributed by atoms with Gasteiger partial charge in [0.2, 0.25) is 17.7 Å². The van der Waals surface area contributed by atoms with Crippen LogP contribution in [-0.4, -0.2) is 129 Å². The number of carbonyl (C=O) groups is 5. The molecular weight excluding hydrogens is 1450 g/mol. The number of rotatable bonds is 70. The lowest BCUT2D eigenvalue weighted by Crippen LogP contribution is -2.68. The first-order chi connectivity index (χ1) is 55.3. The number of benzene rings is 3. The van der Waals surface area contributed by atoms with Crippen LogP contribution < -0.4 is 25.0 Å². The zero-order chi connectivity index (χ0) is 80.9. The molecule has 2 saturated heterocycles. The van der Waals surface area contributed by atoms with Crippen molar-refractivity contribution in [2.75, 3.05) is 33.2 Å². The molecule has 0 spiro atoms. The quantitative estimate of drug-likeness (QED) is 0.0135. The number of para-hydroxylation sites is 2. The first-order valence-electron chi connectivity index (χ1n) is 44.3. The van der Waals surface area contributed by atoms with Gasteiger partial charge in [-0.2, -0.15) is 0 Å². The third kappa shape index (κ3) is 44.4. The molecule has 3 aromatic carbocycles. The van der Waals surface area contributed by atoms with Crippen LogP contribution in [0.2, 0.25) is 0 Å². The maximum Gasteiger partial charge on any atom is 0.588 e. The van der Waals surface area contributed by atoms with E-state index in [0.29, 0.717) is 25.7 Å². The molecular formula is C91H148N3O18P. The van der Waals surface area contributed by atoms with Crippen LogP contribution in [0.3, 0.4) is 0 Å². The van der Waals surface area contributed by atoms with Gasteiger partial charge in [0.1, 0.15) is 61.3 Å².